The van der Waals surface area contributed by atoms with Crippen LogP contribution in [-0.4, -0.2) is 42.8 Å². The molecule has 0 bridgehead atoms. The van der Waals surface area contributed by atoms with Gasteiger partial charge in [0.2, 0.25) is 0 Å². The van der Waals surface area contributed by atoms with E-state index in [1.54, 1.807) is 14.2 Å². The van der Waals surface area contributed by atoms with Gasteiger partial charge in [0.1, 0.15) is 0 Å². The second-order valence-corrected chi connectivity index (χ2v) is 6.48. The highest BCUT2D eigenvalue weighted by Crippen LogP contribution is 2.26. The third-order valence-electron chi connectivity index (χ3n) is 2.74. The maximum atomic E-state index is 5.87. The highest BCUT2D eigenvalue weighted by molar-refractivity contribution is 6.75. The molecule has 114 valence electrons. The molecule has 0 saturated heterocycles. The molecule has 0 unspecified atom stereocenters. The van der Waals surface area contributed by atoms with Gasteiger partial charge in [-0.2, -0.15) is 0 Å². The largest absolute Gasteiger partial charge is 0.537 e. The van der Waals surface area contributed by atoms with Crippen LogP contribution in [0.25, 0.3) is 0 Å². The predicted octanol–water partition coefficient (Wildman–Crippen LogP) is 1.96. The molecule has 0 fully saturated rings. The van der Waals surface area contributed by atoms with Crippen molar-refractivity contribution in [2.45, 2.75) is 20.8 Å². The molecule has 1 rings (SSSR count). The van der Waals surface area contributed by atoms with E-state index in [0.717, 1.165) is 5.19 Å². The van der Waals surface area contributed by atoms with Gasteiger partial charge in [0.25, 0.3) is 0 Å². The molecule has 0 heterocycles. The number of hydrogen-bond acceptors (Lipinski definition) is 5. The summed E-state index contributed by atoms with van der Waals surface area (Å²) in [5.41, 5.74) is 0. The van der Waals surface area contributed by atoms with E-state index in [1.165, 1.54) is 0 Å². The summed E-state index contributed by atoms with van der Waals surface area (Å²) >= 11 is 0. The quantitative estimate of drug-likeness (QED) is 0.652. The summed E-state index contributed by atoms with van der Waals surface area (Å²) in [6.45, 7) is 7.38. The van der Waals surface area contributed by atoms with Crippen molar-refractivity contribution < 1.29 is 22.8 Å². The number of hydrogen-bond donors (Lipinski definition) is 0. The Balaban J connectivity index is 3.24. The van der Waals surface area contributed by atoms with Crippen LogP contribution in [-0.2, 0) is 13.3 Å². The van der Waals surface area contributed by atoms with Crippen LogP contribution in [0.3, 0.4) is 0 Å². The minimum atomic E-state index is -2.89. The van der Waals surface area contributed by atoms with Crippen molar-refractivity contribution in [1.29, 1.82) is 0 Å². The topological polar surface area (TPSA) is 46.2 Å². The molecule has 0 aromatic heterocycles. The van der Waals surface area contributed by atoms with E-state index in [2.05, 4.69) is 0 Å². The summed E-state index contributed by atoms with van der Waals surface area (Å²) in [7, 11) is 0.321. The molecule has 0 aliphatic rings. The Labute approximate surface area is 122 Å². The summed E-state index contributed by atoms with van der Waals surface area (Å²) in [5, 5.41) is 0.876. The van der Waals surface area contributed by atoms with Crippen LogP contribution >= 0.6 is 0 Å². The highest BCUT2D eigenvalue weighted by Gasteiger charge is 2.43. The second kappa shape index (κ2) is 8.26. The predicted molar refractivity (Wildman–Crippen MR) is 79.8 cm³/mol. The van der Waals surface area contributed by atoms with Crippen LogP contribution in [0.4, 0.5) is 0 Å². The molecule has 0 aliphatic heterocycles. The molecule has 0 aliphatic carbocycles. The van der Waals surface area contributed by atoms with E-state index in [4.69, 9.17) is 22.8 Å². The molecule has 6 heteroatoms. The van der Waals surface area contributed by atoms with Crippen molar-refractivity contribution in [2.24, 2.45) is 0 Å². The molecular formula is C14H24O5Si. The maximum Gasteiger partial charge on any atom is 0.537 e. The third kappa shape index (κ3) is 3.73. The van der Waals surface area contributed by atoms with Crippen molar-refractivity contribution in [3.05, 3.63) is 18.2 Å². The van der Waals surface area contributed by atoms with Crippen LogP contribution in [0.5, 0.6) is 11.5 Å². The van der Waals surface area contributed by atoms with Gasteiger partial charge in [-0.3, -0.25) is 0 Å². The molecule has 0 spiro atoms. The van der Waals surface area contributed by atoms with Crippen molar-refractivity contribution in [3.8, 4) is 11.5 Å². The zero-order valence-electron chi connectivity index (χ0n) is 12.9. The summed E-state index contributed by atoms with van der Waals surface area (Å²) in [4.78, 5) is 0. The van der Waals surface area contributed by atoms with Gasteiger partial charge in [0.15, 0.2) is 11.5 Å². The molecule has 0 N–H and O–H groups in total. The van der Waals surface area contributed by atoms with E-state index in [1.807, 2.05) is 39.0 Å². The van der Waals surface area contributed by atoms with E-state index in [-0.39, 0.29) is 0 Å². The summed E-state index contributed by atoms with van der Waals surface area (Å²) in [5.74, 6) is 1.31. The van der Waals surface area contributed by atoms with Gasteiger partial charge in [0, 0.05) is 25.0 Å². The zero-order chi connectivity index (χ0) is 15.0. The lowest BCUT2D eigenvalue weighted by atomic mass is 10.3. The van der Waals surface area contributed by atoms with Crippen LogP contribution in [0.15, 0.2) is 18.2 Å². The summed E-state index contributed by atoms with van der Waals surface area (Å²) in [6, 6.07) is 5.62. The van der Waals surface area contributed by atoms with Crippen molar-refractivity contribution in [2.75, 3.05) is 34.0 Å². The van der Waals surface area contributed by atoms with Gasteiger partial charge in [-0.25, -0.2) is 0 Å². The lowest BCUT2D eigenvalue weighted by Crippen LogP contribution is -2.56. The zero-order valence-corrected chi connectivity index (χ0v) is 13.9. The Kier molecular flexibility index (Phi) is 7.01. The molecule has 0 amide bonds. The van der Waals surface area contributed by atoms with E-state index in [9.17, 15) is 0 Å². The molecule has 0 atom stereocenters. The lowest BCUT2D eigenvalue weighted by Gasteiger charge is -2.29. The van der Waals surface area contributed by atoms with Gasteiger partial charge in [-0.05, 0) is 32.9 Å². The molecule has 5 nitrogen and oxygen atoms in total. The summed E-state index contributed by atoms with van der Waals surface area (Å²) < 4.78 is 28.2. The Morgan fingerprint density at radius 1 is 0.800 bits per heavy atom. The molecule has 0 radical (unpaired) electrons. The van der Waals surface area contributed by atoms with Gasteiger partial charge in [-0.15, -0.1) is 0 Å². The Morgan fingerprint density at radius 2 is 1.30 bits per heavy atom. The van der Waals surface area contributed by atoms with Crippen LogP contribution < -0.4 is 14.7 Å². The van der Waals surface area contributed by atoms with Crippen LogP contribution in [0.1, 0.15) is 20.8 Å². The van der Waals surface area contributed by atoms with Crippen LogP contribution in [0, 0.1) is 0 Å². The van der Waals surface area contributed by atoms with E-state index >= 15 is 0 Å². The van der Waals surface area contributed by atoms with Crippen molar-refractivity contribution >= 4 is 14.0 Å². The highest BCUT2D eigenvalue weighted by atomic mass is 28.4. The second-order valence-electron chi connectivity index (χ2n) is 3.92. The van der Waals surface area contributed by atoms with Crippen molar-refractivity contribution in [3.63, 3.8) is 0 Å². The Bertz CT molecular complexity index is 394. The molecule has 20 heavy (non-hydrogen) atoms. The lowest BCUT2D eigenvalue weighted by molar-refractivity contribution is 0.0858. The first kappa shape index (κ1) is 17.0. The number of ether oxygens (including phenoxy) is 2. The molecule has 1 aromatic rings. The maximum absolute atomic E-state index is 5.87. The average Bonchev–Trinajstić information content (AvgIpc) is 2.47. The molecular weight excluding hydrogens is 276 g/mol. The SMILES string of the molecule is CCO[Si](OCC)(OCC)c1ccc(OC)c(OC)c1. The average molecular weight is 300 g/mol. The monoisotopic (exact) mass is 300 g/mol. The van der Waals surface area contributed by atoms with E-state index < -0.39 is 8.80 Å². The first-order chi connectivity index (χ1) is 9.67. The minimum Gasteiger partial charge on any atom is -0.493 e. The fourth-order valence-electron chi connectivity index (χ4n) is 1.97. The standard InChI is InChI=1S/C14H24O5Si/c1-6-17-20(18-7-2,19-8-3)12-9-10-13(15-4)14(11-12)16-5/h9-11H,6-8H2,1-5H3. The van der Waals surface area contributed by atoms with E-state index in [0.29, 0.717) is 31.3 Å². The Hall–Kier alpha value is -1.08. The van der Waals surface area contributed by atoms with Crippen LogP contribution in [0.2, 0.25) is 0 Å². The third-order valence-corrected chi connectivity index (χ3v) is 5.76. The first-order valence-corrected chi connectivity index (χ1v) is 8.54. The number of rotatable bonds is 9. The fourth-order valence-corrected chi connectivity index (χ4v) is 4.46. The number of methoxy groups -OCH3 is 2. The van der Waals surface area contributed by atoms with Gasteiger partial charge in [-0.1, -0.05) is 6.07 Å². The molecule has 0 saturated carbocycles. The van der Waals surface area contributed by atoms with Gasteiger partial charge >= 0.3 is 8.80 Å². The molecule has 1 aromatic carbocycles. The minimum absolute atomic E-state index is 0.528. The van der Waals surface area contributed by atoms with Gasteiger partial charge < -0.3 is 22.8 Å². The fraction of sp³-hybridized carbons (Fsp3) is 0.571. The van der Waals surface area contributed by atoms with Gasteiger partial charge in [0.05, 0.1) is 14.2 Å². The smallest absolute Gasteiger partial charge is 0.493 e. The number of benzene rings is 1. The Morgan fingerprint density at radius 3 is 1.70 bits per heavy atom. The van der Waals surface area contributed by atoms with Crippen molar-refractivity contribution in [1.82, 2.24) is 0 Å². The normalized spacial score (nSPS) is 11.4. The first-order valence-electron chi connectivity index (χ1n) is 6.81. The summed E-state index contributed by atoms with van der Waals surface area (Å²) in [6.07, 6.45) is 0.